The van der Waals surface area contributed by atoms with Crippen LogP contribution in [0.1, 0.15) is 20.9 Å². The van der Waals surface area contributed by atoms with E-state index in [0.717, 1.165) is 15.0 Å². The van der Waals surface area contributed by atoms with Gasteiger partial charge in [0.1, 0.15) is 0 Å². The van der Waals surface area contributed by atoms with Crippen LogP contribution >= 0.6 is 38.9 Å². The van der Waals surface area contributed by atoms with Crippen molar-refractivity contribution in [2.45, 2.75) is 6.92 Å². The van der Waals surface area contributed by atoms with E-state index in [9.17, 15) is 4.79 Å². The van der Waals surface area contributed by atoms with E-state index in [0.29, 0.717) is 10.6 Å². The molecule has 5 heteroatoms. The van der Waals surface area contributed by atoms with Crippen LogP contribution < -0.4 is 0 Å². The molecule has 0 N–H and O–H groups in total. The number of rotatable bonds is 3. The minimum Gasteiger partial charge on any atom is -0.289 e. The third kappa shape index (κ3) is 3.07. The van der Waals surface area contributed by atoms with Crippen LogP contribution in [0.25, 0.3) is 6.08 Å². The van der Waals surface area contributed by atoms with E-state index in [1.54, 1.807) is 29.8 Å². The number of hydrogen-bond acceptors (Lipinski definition) is 3. The molecule has 0 amide bonds. The van der Waals surface area contributed by atoms with E-state index in [-0.39, 0.29) is 5.78 Å². The Morgan fingerprint density at radius 1 is 1.50 bits per heavy atom. The number of aryl methyl sites for hydroxylation is 1. The number of benzene rings is 1. The van der Waals surface area contributed by atoms with E-state index in [1.165, 1.54) is 17.4 Å². The zero-order valence-electron chi connectivity index (χ0n) is 9.48. The fourth-order valence-electron chi connectivity index (χ4n) is 1.40. The zero-order chi connectivity index (χ0) is 13.1. The van der Waals surface area contributed by atoms with Crippen LogP contribution in [0.4, 0.5) is 0 Å². The van der Waals surface area contributed by atoms with E-state index < -0.39 is 0 Å². The van der Waals surface area contributed by atoms with Crippen LogP contribution in [-0.2, 0) is 0 Å². The van der Waals surface area contributed by atoms with Gasteiger partial charge in [0.05, 0.1) is 11.2 Å². The molecule has 1 aromatic heterocycles. The summed E-state index contributed by atoms with van der Waals surface area (Å²) in [5.41, 5.74) is 3.24. The molecule has 0 saturated carbocycles. The lowest BCUT2D eigenvalue weighted by Gasteiger charge is -2.00. The second-order valence-electron chi connectivity index (χ2n) is 3.62. The first-order valence-corrected chi connectivity index (χ1v) is 7.20. The Bertz CT molecular complexity index is 621. The van der Waals surface area contributed by atoms with Crippen LogP contribution in [0.5, 0.6) is 0 Å². The Morgan fingerprint density at radius 2 is 2.28 bits per heavy atom. The van der Waals surface area contributed by atoms with Crippen molar-refractivity contribution in [1.82, 2.24) is 4.98 Å². The van der Waals surface area contributed by atoms with Gasteiger partial charge >= 0.3 is 0 Å². The molecule has 0 aliphatic heterocycles. The summed E-state index contributed by atoms with van der Waals surface area (Å²) in [6, 6.07) is 5.15. The molecule has 1 heterocycles. The summed E-state index contributed by atoms with van der Waals surface area (Å²) in [6.45, 7) is 1.91. The maximum atomic E-state index is 12.0. The van der Waals surface area contributed by atoms with E-state index in [1.807, 2.05) is 6.92 Å². The van der Waals surface area contributed by atoms with Crippen LogP contribution in [0.3, 0.4) is 0 Å². The largest absolute Gasteiger partial charge is 0.289 e. The molecule has 2 rings (SSSR count). The Balaban J connectivity index is 2.25. The summed E-state index contributed by atoms with van der Waals surface area (Å²) >= 11 is 10.7. The molecule has 0 bridgehead atoms. The van der Waals surface area contributed by atoms with Crippen LogP contribution in [0, 0.1) is 6.92 Å². The second kappa shape index (κ2) is 5.78. The van der Waals surface area contributed by atoms with Gasteiger partial charge in [-0.15, -0.1) is 11.3 Å². The number of halogens is 2. The molecule has 0 fully saturated rings. The summed E-state index contributed by atoms with van der Waals surface area (Å²) in [4.78, 5) is 17.1. The lowest BCUT2D eigenvalue weighted by atomic mass is 10.1. The van der Waals surface area contributed by atoms with E-state index in [4.69, 9.17) is 11.6 Å². The molecule has 2 aromatic rings. The van der Waals surface area contributed by atoms with Crippen molar-refractivity contribution in [1.29, 1.82) is 0 Å². The smallest absolute Gasteiger partial charge is 0.187 e. The lowest BCUT2D eigenvalue weighted by molar-refractivity contribution is 0.104. The standard InChI is InChI=1S/C13H9BrClNOS/c1-8-13(18-7-16-8)5-4-12(17)10-6-9(15)2-3-11(10)14/h2-7H,1H3. The number of thiazole rings is 1. The maximum Gasteiger partial charge on any atom is 0.187 e. The van der Waals surface area contributed by atoms with Crippen LogP contribution in [-0.4, -0.2) is 10.8 Å². The van der Waals surface area contributed by atoms with Gasteiger partial charge in [-0.2, -0.15) is 0 Å². The number of allylic oxidation sites excluding steroid dienone is 1. The molecular weight excluding hydrogens is 334 g/mol. The highest BCUT2D eigenvalue weighted by atomic mass is 79.9. The number of carbonyl (C=O) groups excluding carboxylic acids is 1. The topological polar surface area (TPSA) is 30.0 Å². The second-order valence-corrected chi connectivity index (χ2v) is 5.80. The average molecular weight is 343 g/mol. The predicted octanol–water partition coefficient (Wildman–Crippen LogP) is 4.76. The molecular formula is C13H9BrClNOS. The molecule has 1 aromatic carbocycles. The third-order valence-corrected chi connectivity index (χ3v) is 4.19. The number of aromatic nitrogens is 1. The van der Waals surface area contributed by atoms with Gasteiger partial charge in [0.2, 0.25) is 0 Å². The fourth-order valence-corrected chi connectivity index (χ4v) is 2.71. The normalized spacial score (nSPS) is 11.1. The molecule has 0 saturated heterocycles. The first kappa shape index (κ1) is 13.5. The van der Waals surface area contributed by atoms with Crippen molar-refractivity contribution < 1.29 is 4.79 Å². The predicted molar refractivity (Wildman–Crippen MR) is 79.4 cm³/mol. The monoisotopic (exact) mass is 341 g/mol. The quantitative estimate of drug-likeness (QED) is 0.594. The molecule has 0 aliphatic rings. The van der Waals surface area contributed by atoms with Crippen molar-refractivity contribution in [2.24, 2.45) is 0 Å². The minimum atomic E-state index is -0.0859. The fraction of sp³-hybridized carbons (Fsp3) is 0.0769. The van der Waals surface area contributed by atoms with Crippen molar-refractivity contribution in [3.8, 4) is 0 Å². The molecule has 0 atom stereocenters. The van der Waals surface area contributed by atoms with Gasteiger partial charge in [-0.3, -0.25) is 4.79 Å². The number of carbonyl (C=O) groups is 1. The van der Waals surface area contributed by atoms with Gasteiger partial charge in [-0.25, -0.2) is 4.98 Å². The van der Waals surface area contributed by atoms with Gasteiger partial charge in [-0.1, -0.05) is 27.5 Å². The average Bonchev–Trinajstić information content (AvgIpc) is 2.75. The van der Waals surface area contributed by atoms with Crippen molar-refractivity contribution in [2.75, 3.05) is 0 Å². The van der Waals surface area contributed by atoms with Crippen LogP contribution in [0.2, 0.25) is 5.02 Å². The van der Waals surface area contributed by atoms with E-state index >= 15 is 0 Å². The highest BCUT2D eigenvalue weighted by Gasteiger charge is 2.08. The first-order chi connectivity index (χ1) is 8.58. The summed E-state index contributed by atoms with van der Waals surface area (Å²) in [5.74, 6) is -0.0859. The number of nitrogens with zero attached hydrogens (tertiary/aromatic N) is 1. The Morgan fingerprint density at radius 3 is 2.94 bits per heavy atom. The summed E-state index contributed by atoms with van der Waals surface area (Å²) in [5, 5.41) is 0.545. The van der Waals surface area contributed by atoms with E-state index in [2.05, 4.69) is 20.9 Å². The minimum absolute atomic E-state index is 0.0859. The molecule has 18 heavy (non-hydrogen) atoms. The van der Waals surface area contributed by atoms with Crippen molar-refractivity contribution >= 4 is 50.7 Å². The molecule has 0 aliphatic carbocycles. The van der Waals surface area contributed by atoms with Gasteiger partial charge in [-0.05, 0) is 37.3 Å². The van der Waals surface area contributed by atoms with Gasteiger partial charge in [0.25, 0.3) is 0 Å². The Kier molecular flexibility index (Phi) is 4.32. The number of ketones is 1. The highest BCUT2D eigenvalue weighted by molar-refractivity contribution is 9.10. The van der Waals surface area contributed by atoms with Gasteiger partial charge in [0, 0.05) is 19.9 Å². The Labute approximate surface area is 122 Å². The summed E-state index contributed by atoms with van der Waals surface area (Å²) in [6.07, 6.45) is 3.32. The zero-order valence-corrected chi connectivity index (χ0v) is 12.6. The molecule has 0 spiro atoms. The molecule has 92 valence electrons. The molecule has 2 nitrogen and oxygen atoms in total. The van der Waals surface area contributed by atoms with Gasteiger partial charge < -0.3 is 0 Å². The molecule has 0 radical (unpaired) electrons. The maximum absolute atomic E-state index is 12.0. The van der Waals surface area contributed by atoms with Crippen LogP contribution in [0.15, 0.2) is 34.3 Å². The highest BCUT2D eigenvalue weighted by Crippen LogP contribution is 2.22. The first-order valence-electron chi connectivity index (χ1n) is 5.15. The third-order valence-electron chi connectivity index (χ3n) is 2.36. The summed E-state index contributed by atoms with van der Waals surface area (Å²) in [7, 11) is 0. The number of hydrogen-bond donors (Lipinski definition) is 0. The Hall–Kier alpha value is -0.970. The van der Waals surface area contributed by atoms with Gasteiger partial charge in [0.15, 0.2) is 5.78 Å². The summed E-state index contributed by atoms with van der Waals surface area (Å²) < 4.78 is 0.738. The lowest BCUT2D eigenvalue weighted by Crippen LogP contribution is -1.95. The van der Waals surface area contributed by atoms with Crippen molar-refractivity contribution in [3.63, 3.8) is 0 Å². The molecule has 0 unspecified atom stereocenters. The van der Waals surface area contributed by atoms with Crippen molar-refractivity contribution in [3.05, 3.63) is 55.4 Å². The SMILES string of the molecule is Cc1ncsc1C=CC(=O)c1cc(Cl)ccc1Br.